The van der Waals surface area contributed by atoms with E-state index in [0.29, 0.717) is 28.5 Å². The molecule has 2 aliphatic rings. The molecule has 6 rings (SSSR count). The molecule has 4 aromatic rings. The molecule has 1 atom stereocenters. The minimum Gasteiger partial charge on any atom is -0.481 e. The Hall–Kier alpha value is -4.02. The third-order valence-electron chi connectivity index (χ3n) is 7.94. The molecule has 2 aliphatic heterocycles. The first-order valence-electron chi connectivity index (χ1n) is 13.5. The Morgan fingerprint density at radius 3 is 2.67 bits per heavy atom. The highest BCUT2D eigenvalue weighted by atomic mass is 35.5. The molecule has 0 bridgehead atoms. The topological polar surface area (TPSA) is 76.8 Å². The number of carboxylic acid groups (broad SMARTS) is 1. The van der Waals surface area contributed by atoms with Crippen molar-refractivity contribution in [1.29, 1.82) is 0 Å². The summed E-state index contributed by atoms with van der Waals surface area (Å²) in [6.45, 7) is -1.14. The van der Waals surface area contributed by atoms with E-state index in [9.17, 15) is 23.1 Å². The van der Waals surface area contributed by atoms with Crippen molar-refractivity contribution in [2.75, 3.05) is 13.1 Å². The second-order valence-corrected chi connectivity index (χ2v) is 10.9. The first kappa shape index (κ1) is 28.1. The summed E-state index contributed by atoms with van der Waals surface area (Å²) in [5.74, 6) is -0.325. The molecule has 42 heavy (non-hydrogen) atoms. The maximum Gasteiger partial charge on any atom is 0.387 e. The van der Waals surface area contributed by atoms with Crippen LogP contribution in [0.15, 0.2) is 54.6 Å². The maximum absolute atomic E-state index is 14.6. The van der Waals surface area contributed by atoms with Crippen LogP contribution >= 0.6 is 11.6 Å². The number of imidazole rings is 1. The van der Waals surface area contributed by atoms with Crippen LogP contribution in [-0.4, -0.2) is 45.2 Å². The van der Waals surface area contributed by atoms with Crippen molar-refractivity contribution < 1.29 is 32.5 Å². The van der Waals surface area contributed by atoms with E-state index in [1.54, 1.807) is 23.7 Å². The Morgan fingerprint density at radius 1 is 1.17 bits per heavy atom. The molecule has 11 heteroatoms. The molecule has 0 radical (unpaired) electrons. The van der Waals surface area contributed by atoms with Crippen molar-refractivity contribution in [3.8, 4) is 11.5 Å². The van der Waals surface area contributed by atoms with E-state index in [2.05, 4.69) is 20.7 Å². The van der Waals surface area contributed by atoms with Gasteiger partial charge in [0.15, 0.2) is 5.75 Å². The first-order valence-corrected chi connectivity index (χ1v) is 13.9. The van der Waals surface area contributed by atoms with Gasteiger partial charge in [-0.2, -0.15) is 8.78 Å². The van der Waals surface area contributed by atoms with Gasteiger partial charge in [-0.25, -0.2) is 14.2 Å². The summed E-state index contributed by atoms with van der Waals surface area (Å²) < 4.78 is 53.4. The summed E-state index contributed by atoms with van der Waals surface area (Å²) in [4.78, 5) is 18.3. The predicted octanol–water partition coefficient (Wildman–Crippen LogP) is 7.19. The summed E-state index contributed by atoms with van der Waals surface area (Å²) in [5.41, 5.74) is 2.89. The summed E-state index contributed by atoms with van der Waals surface area (Å²) >= 11 is 5.94. The van der Waals surface area contributed by atoms with Gasteiger partial charge in [0.1, 0.15) is 29.0 Å². The second-order valence-electron chi connectivity index (χ2n) is 10.5. The molecule has 218 valence electrons. The lowest BCUT2D eigenvalue weighted by Crippen LogP contribution is -2.33. The number of aryl methyl sites for hydroxylation is 1. The molecule has 3 aromatic carbocycles. The molecule has 0 aliphatic carbocycles. The molecule has 0 spiro atoms. The number of hydrogen-bond donors (Lipinski definition) is 1. The number of carboxylic acids is 1. The maximum atomic E-state index is 14.6. The van der Waals surface area contributed by atoms with E-state index in [4.69, 9.17) is 16.3 Å². The molecular weight excluding hydrogens is 571 g/mol. The van der Waals surface area contributed by atoms with Crippen LogP contribution in [0.4, 0.5) is 13.2 Å². The number of piperidine rings is 1. The van der Waals surface area contributed by atoms with Crippen LogP contribution in [0.25, 0.3) is 17.1 Å². The van der Waals surface area contributed by atoms with Gasteiger partial charge in [0, 0.05) is 23.2 Å². The van der Waals surface area contributed by atoms with E-state index in [1.165, 1.54) is 12.1 Å². The number of alkyl halides is 2. The highest BCUT2D eigenvalue weighted by molar-refractivity contribution is 6.30. The number of benzene rings is 3. The fourth-order valence-corrected chi connectivity index (χ4v) is 5.93. The number of rotatable bonds is 7. The fraction of sp³-hybridized carbons (Fsp3) is 0.290. The zero-order valence-corrected chi connectivity index (χ0v) is 23.3. The molecule has 3 heterocycles. The lowest BCUT2D eigenvalue weighted by molar-refractivity contribution is -0.0489. The Balaban J connectivity index is 1.18. The normalized spacial score (nSPS) is 17.4. The zero-order chi connectivity index (χ0) is 29.5. The Labute approximate surface area is 244 Å². The van der Waals surface area contributed by atoms with Gasteiger partial charge in [-0.05, 0) is 67.8 Å². The van der Waals surface area contributed by atoms with E-state index in [0.717, 1.165) is 48.9 Å². The molecule has 0 unspecified atom stereocenters. The monoisotopic (exact) mass is 597 g/mol. The number of halogens is 4. The average molecular weight is 598 g/mol. The van der Waals surface area contributed by atoms with Gasteiger partial charge in [0.2, 0.25) is 0 Å². The van der Waals surface area contributed by atoms with Gasteiger partial charge in [-0.3, -0.25) is 4.90 Å². The summed E-state index contributed by atoms with van der Waals surface area (Å²) in [6.07, 6.45) is 4.93. The van der Waals surface area contributed by atoms with Gasteiger partial charge in [0.05, 0.1) is 17.6 Å². The molecule has 1 aromatic heterocycles. The van der Waals surface area contributed by atoms with E-state index >= 15 is 0 Å². The number of hydrogen-bond acceptors (Lipinski definition) is 5. The van der Waals surface area contributed by atoms with Crippen LogP contribution in [0, 0.1) is 5.82 Å². The van der Waals surface area contributed by atoms with Gasteiger partial charge < -0.3 is 19.1 Å². The van der Waals surface area contributed by atoms with Crippen molar-refractivity contribution in [1.82, 2.24) is 14.5 Å². The van der Waals surface area contributed by atoms with E-state index < -0.39 is 24.5 Å². The Morgan fingerprint density at radius 2 is 1.95 bits per heavy atom. The van der Waals surface area contributed by atoms with Crippen LogP contribution < -0.4 is 9.47 Å². The van der Waals surface area contributed by atoms with Crippen molar-refractivity contribution in [2.45, 2.75) is 38.0 Å². The van der Waals surface area contributed by atoms with Crippen LogP contribution in [0.5, 0.6) is 11.5 Å². The second kappa shape index (κ2) is 11.3. The fourth-order valence-electron chi connectivity index (χ4n) is 5.78. The number of ether oxygens (including phenoxy) is 2. The number of para-hydroxylation sites is 1. The summed E-state index contributed by atoms with van der Waals surface area (Å²) in [6, 6.07) is 13.1. The molecule has 0 saturated carbocycles. The third-order valence-corrected chi connectivity index (χ3v) is 8.18. The van der Waals surface area contributed by atoms with Crippen molar-refractivity contribution in [3.05, 3.63) is 93.5 Å². The minimum atomic E-state index is -3.11. The lowest BCUT2D eigenvalue weighted by atomic mass is 9.87. The number of aromatic carboxylic acids is 1. The number of aromatic nitrogens is 2. The van der Waals surface area contributed by atoms with Crippen LogP contribution in [-0.2, 0) is 13.6 Å². The smallest absolute Gasteiger partial charge is 0.387 e. The van der Waals surface area contributed by atoms with Crippen molar-refractivity contribution >= 4 is 34.7 Å². The molecule has 1 fully saturated rings. The van der Waals surface area contributed by atoms with Crippen LogP contribution in [0.1, 0.15) is 57.7 Å². The van der Waals surface area contributed by atoms with Crippen LogP contribution in [0.2, 0.25) is 5.02 Å². The highest BCUT2D eigenvalue weighted by Crippen LogP contribution is 2.42. The summed E-state index contributed by atoms with van der Waals surface area (Å²) in [5, 5.41) is 9.76. The van der Waals surface area contributed by atoms with Gasteiger partial charge >= 0.3 is 12.6 Å². The number of carbonyl (C=O) groups is 1. The van der Waals surface area contributed by atoms with Gasteiger partial charge in [-0.1, -0.05) is 41.9 Å². The predicted molar refractivity (Wildman–Crippen MR) is 152 cm³/mol. The Kier molecular flexibility index (Phi) is 7.59. The number of nitrogens with zero attached hydrogens (tertiary/aromatic N) is 3. The largest absolute Gasteiger partial charge is 0.481 e. The zero-order valence-electron chi connectivity index (χ0n) is 22.6. The number of fused-ring (bicyclic) bond motifs is 2. The SMILES string of the molecule is Cn1c(CN2CCC(c3cccc4c3O[C@@H](c3ccc(Cl)cc3F)C=C4)CC2)nc2c(OC(F)F)cc(C(=O)O)cc21. The molecular formula is C31H27ClF3N3O4. The minimum absolute atomic E-state index is 0.155. The van der Waals surface area contributed by atoms with Gasteiger partial charge in [-0.15, -0.1) is 0 Å². The summed E-state index contributed by atoms with van der Waals surface area (Å²) in [7, 11) is 1.73. The van der Waals surface area contributed by atoms with E-state index in [1.807, 2.05) is 24.3 Å². The molecule has 1 saturated heterocycles. The first-order chi connectivity index (χ1) is 20.2. The van der Waals surface area contributed by atoms with Crippen LogP contribution in [0.3, 0.4) is 0 Å². The van der Waals surface area contributed by atoms with E-state index in [-0.39, 0.29) is 22.7 Å². The lowest BCUT2D eigenvalue weighted by Gasteiger charge is -2.34. The standard InChI is InChI=1S/C31H27ClF3N3O4/c1-37-24-13-19(30(39)40)14-26(42-31(34)35)28(24)36-27(37)16-38-11-9-17(10-12-38)21-4-2-3-18-5-8-25(41-29(18)21)22-7-6-20(32)15-23(22)33/h2-8,13-15,17,25,31H,9-12,16H2,1H3,(H,39,40)/t25-/m1/s1. The highest BCUT2D eigenvalue weighted by Gasteiger charge is 2.29. The average Bonchev–Trinajstić information content (AvgIpc) is 3.27. The number of likely N-dealkylation sites (tertiary alicyclic amines) is 1. The van der Waals surface area contributed by atoms with Crippen molar-refractivity contribution in [2.24, 2.45) is 7.05 Å². The molecule has 1 N–H and O–H groups in total. The third kappa shape index (κ3) is 5.44. The molecule has 7 nitrogen and oxygen atoms in total. The Bertz CT molecular complexity index is 1700. The van der Waals surface area contributed by atoms with Gasteiger partial charge in [0.25, 0.3) is 0 Å². The molecule has 0 amide bonds. The quantitative estimate of drug-likeness (QED) is 0.243. The van der Waals surface area contributed by atoms with Crippen molar-refractivity contribution in [3.63, 3.8) is 0 Å².